The number of nitrogens with zero attached hydrogens (tertiary/aromatic N) is 2. The molecule has 0 atom stereocenters. The van der Waals surface area contributed by atoms with Crippen molar-refractivity contribution in [2.75, 3.05) is 0 Å². The van der Waals surface area contributed by atoms with Crippen LogP contribution in [0.1, 0.15) is 18.6 Å². The van der Waals surface area contributed by atoms with E-state index in [0.29, 0.717) is 5.56 Å². The molecule has 0 saturated heterocycles. The fraction of sp³-hybridized carbons (Fsp3) is 0.0741. The highest BCUT2D eigenvalue weighted by Gasteiger charge is 2.14. The Morgan fingerprint density at radius 2 is 1.26 bits per heavy atom. The van der Waals surface area contributed by atoms with Gasteiger partial charge in [-0.15, -0.1) is 11.3 Å². The molecular weight excluding hydrogens is 440 g/mol. The molecule has 2 aromatic heterocycles. The lowest BCUT2D eigenvalue weighted by Crippen LogP contribution is -2.10. The molecule has 0 saturated carbocycles. The molecule has 0 unspecified atom stereocenters. The van der Waals surface area contributed by atoms with Crippen molar-refractivity contribution in [2.24, 2.45) is 18.5 Å². The normalized spacial score (nSPS) is 10.7. The monoisotopic (exact) mass is 466 g/mol. The van der Waals surface area contributed by atoms with Gasteiger partial charge >= 0.3 is 0 Å². The molecule has 0 aliphatic rings. The average Bonchev–Trinajstić information content (AvgIpc) is 3.44. The highest BCUT2D eigenvalue weighted by Crippen LogP contribution is 2.36. The summed E-state index contributed by atoms with van der Waals surface area (Å²) in [5.74, 6) is 1.06. The highest BCUT2D eigenvalue weighted by molar-refractivity contribution is 7.18. The second kappa shape index (κ2) is 8.96. The zero-order valence-electron chi connectivity index (χ0n) is 18.0. The number of aryl methyl sites for hydroxylation is 1. The van der Waals surface area contributed by atoms with Gasteiger partial charge in [0.1, 0.15) is 11.7 Å². The van der Waals surface area contributed by atoms with Crippen LogP contribution in [0.5, 0.6) is 0 Å². The van der Waals surface area contributed by atoms with Gasteiger partial charge in [0.2, 0.25) is 0 Å². The molecule has 2 heterocycles. The maximum Gasteiger partial charge on any atom is 0.150 e. The zero-order valence-corrected chi connectivity index (χ0v) is 18.8. The Bertz CT molecular complexity index is 1510. The first kappa shape index (κ1) is 22.9. The van der Waals surface area contributed by atoms with Crippen LogP contribution < -0.4 is 11.5 Å². The molecular formula is C27H26N6S. The van der Waals surface area contributed by atoms with Crippen molar-refractivity contribution in [3.05, 3.63) is 90.0 Å². The number of nitrogens with one attached hydrogen (secondary N) is 2. The van der Waals surface area contributed by atoms with E-state index in [-0.39, 0.29) is 19.1 Å². The molecule has 0 aliphatic heterocycles. The summed E-state index contributed by atoms with van der Waals surface area (Å²) < 4.78 is 2.12. The van der Waals surface area contributed by atoms with E-state index in [1.54, 1.807) is 11.3 Å². The van der Waals surface area contributed by atoms with E-state index >= 15 is 0 Å². The number of imidazole rings is 1. The molecule has 0 radical (unpaired) electrons. The van der Waals surface area contributed by atoms with Crippen molar-refractivity contribution in [3.8, 4) is 32.3 Å². The summed E-state index contributed by atoms with van der Waals surface area (Å²) in [6.45, 7) is 0. The third-order valence-corrected chi connectivity index (χ3v) is 6.85. The predicted molar refractivity (Wildman–Crippen MR) is 144 cm³/mol. The fourth-order valence-electron chi connectivity index (χ4n) is 3.87. The van der Waals surface area contributed by atoms with Crippen molar-refractivity contribution >= 4 is 34.0 Å². The van der Waals surface area contributed by atoms with Crippen LogP contribution in [0.4, 0.5) is 0 Å². The van der Waals surface area contributed by atoms with Crippen LogP contribution in [0.15, 0.2) is 78.9 Å². The molecule has 7 heteroatoms. The first-order chi connectivity index (χ1) is 15.9. The largest absolute Gasteiger partial charge is 0.384 e. The van der Waals surface area contributed by atoms with Crippen molar-refractivity contribution < 1.29 is 0 Å². The molecule has 0 amide bonds. The van der Waals surface area contributed by atoms with Crippen LogP contribution in [-0.4, -0.2) is 21.2 Å². The van der Waals surface area contributed by atoms with Crippen LogP contribution in [0, 0.1) is 10.8 Å². The van der Waals surface area contributed by atoms with Crippen molar-refractivity contribution in [1.82, 2.24) is 9.55 Å². The van der Waals surface area contributed by atoms with E-state index in [9.17, 15) is 0 Å². The summed E-state index contributed by atoms with van der Waals surface area (Å²) in [7, 11) is 2.03. The van der Waals surface area contributed by atoms with E-state index in [2.05, 4.69) is 34.9 Å². The van der Waals surface area contributed by atoms with Gasteiger partial charge < -0.3 is 16.0 Å². The molecule has 0 fully saturated rings. The van der Waals surface area contributed by atoms with Gasteiger partial charge in [-0.2, -0.15) is 0 Å². The second-order valence-electron chi connectivity index (χ2n) is 7.84. The third-order valence-electron chi connectivity index (χ3n) is 5.72. The summed E-state index contributed by atoms with van der Waals surface area (Å²) in [6.07, 6.45) is 0. The van der Waals surface area contributed by atoms with Gasteiger partial charge in [0.05, 0.1) is 15.9 Å². The lowest BCUT2D eigenvalue weighted by Gasteiger charge is -2.04. The molecule has 6 nitrogen and oxygen atoms in total. The molecule has 6 N–H and O–H groups in total. The lowest BCUT2D eigenvalue weighted by molar-refractivity contribution is 0.963. The number of amidine groups is 2. The van der Waals surface area contributed by atoms with E-state index in [1.165, 1.54) is 0 Å². The van der Waals surface area contributed by atoms with Crippen LogP contribution in [0.25, 0.3) is 43.3 Å². The molecule has 0 spiro atoms. The molecule has 5 aromatic rings. The van der Waals surface area contributed by atoms with Crippen molar-refractivity contribution in [2.45, 2.75) is 7.43 Å². The SMILES string of the molecule is C.Cn1c(-c2ccc(-c3ccc(C(=N)N)cc3)s2)nc2cc(-c3ccc(C(=N)N)cc3)ccc21. The Hall–Kier alpha value is -4.23. The first-order valence-corrected chi connectivity index (χ1v) is 11.2. The van der Waals surface area contributed by atoms with Crippen LogP contribution >= 0.6 is 11.3 Å². The topological polar surface area (TPSA) is 118 Å². The number of aromatic nitrogens is 2. The second-order valence-corrected chi connectivity index (χ2v) is 8.93. The molecule has 34 heavy (non-hydrogen) atoms. The predicted octanol–water partition coefficient (Wildman–Crippen LogP) is 5.84. The molecule has 170 valence electrons. The number of hydrogen-bond acceptors (Lipinski definition) is 4. The summed E-state index contributed by atoms with van der Waals surface area (Å²) in [5.41, 5.74) is 17.8. The van der Waals surface area contributed by atoms with Gasteiger partial charge in [-0.05, 0) is 41.0 Å². The van der Waals surface area contributed by atoms with Gasteiger partial charge in [-0.1, -0.05) is 62.0 Å². The number of benzene rings is 3. The van der Waals surface area contributed by atoms with E-state index in [1.807, 2.05) is 55.6 Å². The number of nitrogen functional groups attached to an aromatic ring is 2. The zero-order chi connectivity index (χ0) is 23.1. The average molecular weight is 467 g/mol. The van der Waals surface area contributed by atoms with Crippen LogP contribution in [0.3, 0.4) is 0 Å². The Labute approximate surface area is 202 Å². The summed E-state index contributed by atoms with van der Waals surface area (Å²) in [4.78, 5) is 7.16. The van der Waals surface area contributed by atoms with Crippen LogP contribution in [0.2, 0.25) is 0 Å². The van der Waals surface area contributed by atoms with Gasteiger partial charge in [0.25, 0.3) is 0 Å². The Morgan fingerprint density at radius 3 is 1.85 bits per heavy atom. The maximum absolute atomic E-state index is 7.56. The smallest absolute Gasteiger partial charge is 0.150 e. The Morgan fingerprint density at radius 1 is 0.735 bits per heavy atom. The summed E-state index contributed by atoms with van der Waals surface area (Å²) in [6, 6.07) is 25.9. The number of fused-ring (bicyclic) bond motifs is 1. The minimum atomic E-state index is 0. The quantitative estimate of drug-likeness (QED) is 0.192. The van der Waals surface area contributed by atoms with E-state index in [4.69, 9.17) is 27.3 Å². The molecule has 5 rings (SSSR count). The Kier molecular flexibility index (Phi) is 6.04. The minimum Gasteiger partial charge on any atom is -0.384 e. The van der Waals surface area contributed by atoms with Gasteiger partial charge in [-0.25, -0.2) is 4.98 Å². The van der Waals surface area contributed by atoms with E-state index in [0.717, 1.165) is 48.9 Å². The Balaban J connectivity index is 0.00000274. The van der Waals surface area contributed by atoms with Crippen LogP contribution in [-0.2, 0) is 7.05 Å². The first-order valence-electron chi connectivity index (χ1n) is 10.4. The molecule has 0 bridgehead atoms. The van der Waals surface area contributed by atoms with Gasteiger partial charge in [0, 0.05) is 23.1 Å². The summed E-state index contributed by atoms with van der Waals surface area (Å²) in [5, 5.41) is 15.1. The minimum absolute atomic E-state index is 0. The molecule has 0 aliphatic carbocycles. The standard InChI is InChI=1S/C26H22N6S.CH4/c1-32-21-11-10-19(15-2-6-17(7-3-15)24(27)28)14-20(21)31-26(32)23-13-12-22(33-23)16-4-8-18(9-5-16)25(29)30;/h2-14H,1H3,(H3,27,28)(H3,29,30);1H4. The molecule has 3 aromatic carbocycles. The number of hydrogen-bond donors (Lipinski definition) is 4. The highest BCUT2D eigenvalue weighted by atomic mass is 32.1. The number of thiophene rings is 1. The van der Waals surface area contributed by atoms with E-state index < -0.39 is 0 Å². The fourth-order valence-corrected chi connectivity index (χ4v) is 4.91. The van der Waals surface area contributed by atoms with Crippen molar-refractivity contribution in [1.29, 1.82) is 10.8 Å². The van der Waals surface area contributed by atoms with Gasteiger partial charge in [-0.3, -0.25) is 10.8 Å². The number of rotatable bonds is 5. The lowest BCUT2D eigenvalue weighted by atomic mass is 10.0. The maximum atomic E-state index is 7.56. The van der Waals surface area contributed by atoms with Gasteiger partial charge in [0.15, 0.2) is 5.82 Å². The van der Waals surface area contributed by atoms with Crippen molar-refractivity contribution in [3.63, 3.8) is 0 Å². The number of nitrogens with two attached hydrogens (primary N) is 2. The third kappa shape index (κ3) is 4.09. The summed E-state index contributed by atoms with van der Waals surface area (Å²) >= 11 is 1.69.